The Labute approximate surface area is 190 Å². The van der Waals surface area contributed by atoms with Gasteiger partial charge >= 0.3 is 0 Å². The van der Waals surface area contributed by atoms with Crippen LogP contribution in [0.1, 0.15) is 42.7 Å². The number of aryl methyl sites for hydroxylation is 1. The zero-order valence-electron chi connectivity index (χ0n) is 19.4. The Morgan fingerprint density at radius 3 is 2.44 bits per heavy atom. The van der Waals surface area contributed by atoms with Crippen molar-refractivity contribution in [2.45, 2.75) is 40.2 Å². The summed E-state index contributed by atoms with van der Waals surface area (Å²) < 4.78 is 8.00. The summed E-state index contributed by atoms with van der Waals surface area (Å²) in [6, 6.07) is 9.88. The zero-order chi connectivity index (χ0) is 22.7. The van der Waals surface area contributed by atoms with Crippen LogP contribution in [-0.4, -0.2) is 64.2 Å². The van der Waals surface area contributed by atoms with Crippen molar-refractivity contribution in [3.8, 4) is 5.75 Å². The number of ether oxygens (including phenoxy) is 1. The van der Waals surface area contributed by atoms with E-state index in [1.807, 2.05) is 58.7 Å². The van der Waals surface area contributed by atoms with E-state index in [4.69, 9.17) is 4.74 Å². The Balaban J connectivity index is 1.48. The third kappa shape index (κ3) is 4.66. The average molecular weight is 439 g/mol. The highest BCUT2D eigenvalue weighted by molar-refractivity contribution is 5.95. The number of carbonyl (C=O) groups excluding carboxylic acids is 2. The summed E-state index contributed by atoms with van der Waals surface area (Å²) in [4.78, 5) is 29.0. The molecule has 2 fully saturated rings. The van der Waals surface area contributed by atoms with Gasteiger partial charge in [0, 0.05) is 51.3 Å². The molecule has 0 spiro atoms. The first-order valence-electron chi connectivity index (χ1n) is 11.7. The Morgan fingerprint density at radius 1 is 1.09 bits per heavy atom. The van der Waals surface area contributed by atoms with Gasteiger partial charge in [0.25, 0.3) is 5.91 Å². The molecule has 2 aliphatic heterocycles. The number of rotatable bonds is 6. The van der Waals surface area contributed by atoms with Gasteiger partial charge in [-0.15, -0.1) is 0 Å². The summed E-state index contributed by atoms with van der Waals surface area (Å²) in [5.74, 6) is 2.22. The van der Waals surface area contributed by atoms with Crippen molar-refractivity contribution in [3.63, 3.8) is 0 Å². The highest BCUT2D eigenvalue weighted by Gasteiger charge is 2.41. The van der Waals surface area contributed by atoms with Crippen LogP contribution in [0.3, 0.4) is 0 Å². The number of likely N-dealkylation sites (tertiary alicyclic amines) is 2. The van der Waals surface area contributed by atoms with Crippen molar-refractivity contribution < 1.29 is 14.3 Å². The third-order valence-electron chi connectivity index (χ3n) is 7.21. The molecule has 1 aromatic heterocycles. The lowest BCUT2D eigenvalue weighted by molar-refractivity contribution is -0.130. The number of benzene rings is 1. The average Bonchev–Trinajstić information content (AvgIpc) is 3.41. The van der Waals surface area contributed by atoms with Crippen LogP contribution in [0.25, 0.3) is 0 Å². The first-order chi connectivity index (χ1) is 15.5. The number of carbonyl (C=O) groups is 2. The Morgan fingerprint density at radius 2 is 1.81 bits per heavy atom. The van der Waals surface area contributed by atoms with Gasteiger partial charge in [-0.05, 0) is 50.7 Å². The molecule has 172 valence electrons. The van der Waals surface area contributed by atoms with E-state index in [-0.39, 0.29) is 17.7 Å². The molecule has 2 saturated heterocycles. The molecule has 0 N–H and O–H groups in total. The normalized spacial score (nSPS) is 21.7. The van der Waals surface area contributed by atoms with Crippen LogP contribution < -0.4 is 4.74 Å². The first-order valence-corrected chi connectivity index (χ1v) is 11.7. The predicted octanol–water partition coefficient (Wildman–Crippen LogP) is 3.24. The number of piperidine rings is 1. The van der Waals surface area contributed by atoms with Gasteiger partial charge in [-0.2, -0.15) is 5.10 Å². The molecule has 2 aromatic rings. The van der Waals surface area contributed by atoms with Crippen LogP contribution >= 0.6 is 0 Å². The molecule has 32 heavy (non-hydrogen) atoms. The second-order valence-corrected chi connectivity index (χ2v) is 9.06. The molecule has 7 heteroatoms. The van der Waals surface area contributed by atoms with E-state index in [0.29, 0.717) is 30.6 Å². The molecule has 2 aliphatic rings. The van der Waals surface area contributed by atoms with E-state index in [1.165, 1.54) is 0 Å². The van der Waals surface area contributed by atoms with Crippen LogP contribution in [0.15, 0.2) is 36.5 Å². The number of nitrogens with zero attached hydrogens (tertiary/aromatic N) is 4. The lowest BCUT2D eigenvalue weighted by atomic mass is 9.78. The Hall–Kier alpha value is -2.83. The second-order valence-electron chi connectivity index (χ2n) is 9.06. The smallest absolute Gasteiger partial charge is 0.257 e. The minimum absolute atomic E-state index is 0.0654. The fraction of sp³-hybridized carbons (Fsp3) is 0.560. The largest absolute Gasteiger partial charge is 0.493 e. The van der Waals surface area contributed by atoms with Crippen molar-refractivity contribution in [2.24, 2.45) is 17.8 Å². The lowest BCUT2D eigenvalue weighted by Crippen LogP contribution is -2.40. The maximum Gasteiger partial charge on any atom is 0.257 e. The van der Waals surface area contributed by atoms with E-state index in [0.717, 1.165) is 50.5 Å². The topological polar surface area (TPSA) is 67.7 Å². The monoisotopic (exact) mass is 438 g/mol. The van der Waals surface area contributed by atoms with Crippen molar-refractivity contribution in [2.75, 3.05) is 32.8 Å². The predicted molar refractivity (Wildman–Crippen MR) is 122 cm³/mol. The van der Waals surface area contributed by atoms with E-state index in [9.17, 15) is 9.59 Å². The molecular formula is C25H34N4O3. The van der Waals surface area contributed by atoms with E-state index in [1.54, 1.807) is 13.1 Å². The van der Waals surface area contributed by atoms with Gasteiger partial charge in [0.2, 0.25) is 5.91 Å². The van der Waals surface area contributed by atoms with Gasteiger partial charge in [-0.3, -0.25) is 14.3 Å². The van der Waals surface area contributed by atoms with E-state index < -0.39 is 0 Å². The fourth-order valence-electron chi connectivity index (χ4n) is 5.28. The summed E-state index contributed by atoms with van der Waals surface area (Å²) in [7, 11) is 0. The van der Waals surface area contributed by atoms with Gasteiger partial charge in [0.1, 0.15) is 5.75 Å². The number of para-hydroxylation sites is 1. The molecular weight excluding hydrogens is 404 g/mol. The molecule has 7 nitrogen and oxygen atoms in total. The summed E-state index contributed by atoms with van der Waals surface area (Å²) >= 11 is 0. The summed E-state index contributed by atoms with van der Waals surface area (Å²) in [5.41, 5.74) is 1.62. The van der Waals surface area contributed by atoms with Gasteiger partial charge in [-0.1, -0.05) is 18.2 Å². The third-order valence-corrected chi connectivity index (χ3v) is 7.21. The molecule has 2 amide bonds. The molecule has 2 unspecified atom stereocenters. The van der Waals surface area contributed by atoms with Crippen molar-refractivity contribution in [3.05, 3.63) is 47.8 Å². The number of aromatic nitrogens is 2. The Bertz CT molecular complexity index is 934. The Kier molecular flexibility index (Phi) is 6.82. The fourth-order valence-corrected chi connectivity index (χ4v) is 5.28. The van der Waals surface area contributed by atoms with Crippen LogP contribution in [0.5, 0.6) is 5.75 Å². The van der Waals surface area contributed by atoms with Crippen molar-refractivity contribution in [1.29, 1.82) is 0 Å². The van der Waals surface area contributed by atoms with Crippen molar-refractivity contribution in [1.82, 2.24) is 19.6 Å². The van der Waals surface area contributed by atoms with Crippen LogP contribution in [0.4, 0.5) is 0 Å². The van der Waals surface area contributed by atoms with Gasteiger partial charge < -0.3 is 14.5 Å². The summed E-state index contributed by atoms with van der Waals surface area (Å²) in [6.45, 7) is 10.0. The lowest BCUT2D eigenvalue weighted by Gasteiger charge is -2.36. The molecule has 0 aliphatic carbocycles. The number of hydrogen-bond donors (Lipinski definition) is 0. The van der Waals surface area contributed by atoms with Gasteiger partial charge in [0.15, 0.2) is 0 Å². The van der Waals surface area contributed by atoms with Crippen molar-refractivity contribution >= 4 is 11.8 Å². The van der Waals surface area contributed by atoms with E-state index in [2.05, 4.69) is 5.10 Å². The summed E-state index contributed by atoms with van der Waals surface area (Å²) in [5, 5.41) is 4.36. The number of hydrogen-bond acceptors (Lipinski definition) is 4. The molecule has 2 atom stereocenters. The number of amides is 2. The summed E-state index contributed by atoms with van der Waals surface area (Å²) in [6.07, 6.45) is 3.68. The van der Waals surface area contributed by atoms with Crippen LogP contribution in [-0.2, 0) is 11.3 Å². The molecule has 1 aromatic carbocycles. The molecule has 0 radical (unpaired) electrons. The van der Waals surface area contributed by atoms with Crippen LogP contribution in [0, 0.1) is 24.7 Å². The first kappa shape index (κ1) is 22.4. The van der Waals surface area contributed by atoms with Gasteiger partial charge in [0.05, 0.1) is 18.4 Å². The molecule has 0 saturated carbocycles. The second kappa shape index (κ2) is 9.76. The SMILES string of the molecule is CCn1ncc(C(=O)N2CC(COc3ccccc3)C(C3CCN(C(C)=O)CC3)C2)c1C. The highest BCUT2D eigenvalue weighted by atomic mass is 16.5. The zero-order valence-corrected chi connectivity index (χ0v) is 19.4. The molecule has 0 bridgehead atoms. The van der Waals surface area contributed by atoms with E-state index >= 15 is 0 Å². The maximum atomic E-state index is 13.4. The maximum absolute atomic E-state index is 13.4. The molecule has 4 rings (SSSR count). The molecule has 3 heterocycles. The minimum atomic E-state index is 0.0654. The quantitative estimate of drug-likeness (QED) is 0.694. The minimum Gasteiger partial charge on any atom is -0.493 e. The highest BCUT2D eigenvalue weighted by Crippen LogP contribution is 2.37. The van der Waals surface area contributed by atoms with Gasteiger partial charge in [-0.25, -0.2) is 0 Å². The van der Waals surface area contributed by atoms with Crippen LogP contribution in [0.2, 0.25) is 0 Å². The standard InChI is InChI=1S/C25H34N4O3/c1-4-29-18(2)23(14-26-29)25(31)28-15-21(17-32-22-8-6-5-7-9-22)24(16-28)20-10-12-27(13-11-20)19(3)30/h5-9,14,20-21,24H,4,10-13,15-17H2,1-3H3.